The van der Waals surface area contributed by atoms with E-state index >= 15 is 0 Å². The van der Waals surface area contributed by atoms with Gasteiger partial charge in [-0.25, -0.2) is 4.39 Å². The minimum absolute atomic E-state index is 0.173. The number of aliphatic hydroxyl groups is 1. The molecule has 0 radical (unpaired) electrons. The maximum absolute atomic E-state index is 12.8. The van der Waals surface area contributed by atoms with E-state index < -0.39 is 0 Å². The van der Waals surface area contributed by atoms with Gasteiger partial charge in [0.2, 0.25) is 0 Å². The number of aliphatic hydroxyl groups excluding tert-OH is 1. The van der Waals surface area contributed by atoms with E-state index in [9.17, 15) is 4.39 Å². The highest BCUT2D eigenvalue weighted by Crippen LogP contribution is 2.35. The Hall–Kier alpha value is -0.890. The topological polar surface area (TPSA) is 20.2 Å². The molecular weight excluding hydrogens is 191 g/mol. The van der Waals surface area contributed by atoms with E-state index in [4.69, 9.17) is 5.11 Å². The summed E-state index contributed by atoms with van der Waals surface area (Å²) in [5, 5.41) is 9.14. The molecule has 1 nitrogen and oxygen atoms in total. The smallest absolute Gasteiger partial charge is 0.123 e. The van der Waals surface area contributed by atoms with Gasteiger partial charge in [0.1, 0.15) is 5.82 Å². The fourth-order valence-electron chi connectivity index (χ4n) is 2.49. The van der Waals surface area contributed by atoms with Crippen LogP contribution in [0.15, 0.2) is 24.3 Å². The van der Waals surface area contributed by atoms with Crippen molar-refractivity contribution >= 4 is 0 Å². The summed E-state index contributed by atoms with van der Waals surface area (Å²) in [7, 11) is 0. The lowest BCUT2D eigenvalue weighted by atomic mass is 9.78. The van der Waals surface area contributed by atoms with E-state index in [0.717, 1.165) is 12.8 Å². The summed E-state index contributed by atoms with van der Waals surface area (Å²) in [4.78, 5) is 0. The molecule has 2 atom stereocenters. The maximum Gasteiger partial charge on any atom is 0.123 e. The first kappa shape index (κ1) is 10.6. The van der Waals surface area contributed by atoms with Crippen LogP contribution in [0, 0.1) is 11.7 Å². The molecule has 0 bridgehead atoms. The SMILES string of the molecule is OCC1CCCC(c2ccc(F)cc2)C1. The molecule has 1 aliphatic rings. The van der Waals surface area contributed by atoms with Crippen LogP contribution in [-0.2, 0) is 0 Å². The third-order valence-electron chi connectivity index (χ3n) is 3.38. The van der Waals surface area contributed by atoms with Crippen LogP contribution in [0.5, 0.6) is 0 Å². The quantitative estimate of drug-likeness (QED) is 0.791. The molecule has 0 amide bonds. The van der Waals surface area contributed by atoms with Gasteiger partial charge in [-0.05, 0) is 48.8 Å². The standard InChI is InChI=1S/C13H17FO/c14-13-6-4-11(5-7-13)12-3-1-2-10(8-12)9-15/h4-7,10,12,15H,1-3,8-9H2. The molecule has 0 saturated heterocycles. The van der Waals surface area contributed by atoms with Crippen molar-refractivity contribution in [2.45, 2.75) is 31.6 Å². The molecule has 1 aliphatic carbocycles. The Morgan fingerprint density at radius 1 is 1.20 bits per heavy atom. The Balaban J connectivity index is 2.06. The highest BCUT2D eigenvalue weighted by molar-refractivity contribution is 5.21. The zero-order valence-corrected chi connectivity index (χ0v) is 8.82. The van der Waals surface area contributed by atoms with Crippen LogP contribution in [0.4, 0.5) is 4.39 Å². The fourth-order valence-corrected chi connectivity index (χ4v) is 2.49. The molecule has 1 aromatic carbocycles. The van der Waals surface area contributed by atoms with Crippen molar-refractivity contribution in [3.8, 4) is 0 Å². The van der Waals surface area contributed by atoms with Gasteiger partial charge in [0.15, 0.2) is 0 Å². The second kappa shape index (κ2) is 4.75. The number of hydrogen-bond donors (Lipinski definition) is 1. The predicted molar refractivity (Wildman–Crippen MR) is 58.2 cm³/mol. The molecule has 0 heterocycles. The van der Waals surface area contributed by atoms with Crippen LogP contribution >= 0.6 is 0 Å². The summed E-state index contributed by atoms with van der Waals surface area (Å²) >= 11 is 0. The monoisotopic (exact) mass is 208 g/mol. The Labute approximate surface area is 89.9 Å². The molecule has 15 heavy (non-hydrogen) atoms. The van der Waals surface area contributed by atoms with Crippen molar-refractivity contribution < 1.29 is 9.50 Å². The normalized spacial score (nSPS) is 26.5. The van der Waals surface area contributed by atoms with Crippen molar-refractivity contribution in [1.82, 2.24) is 0 Å². The van der Waals surface area contributed by atoms with Crippen LogP contribution in [0.1, 0.15) is 37.2 Å². The Bertz CT molecular complexity index is 307. The van der Waals surface area contributed by atoms with Gasteiger partial charge in [0.25, 0.3) is 0 Å². The minimum Gasteiger partial charge on any atom is -0.396 e. The van der Waals surface area contributed by atoms with Crippen LogP contribution in [0.3, 0.4) is 0 Å². The number of hydrogen-bond acceptors (Lipinski definition) is 1. The van der Waals surface area contributed by atoms with Gasteiger partial charge < -0.3 is 5.11 Å². The molecular formula is C13H17FO. The molecule has 82 valence electrons. The van der Waals surface area contributed by atoms with Gasteiger partial charge in [-0.1, -0.05) is 18.6 Å². The third-order valence-corrected chi connectivity index (χ3v) is 3.38. The molecule has 2 heteroatoms. The molecule has 0 spiro atoms. The third kappa shape index (κ3) is 2.57. The van der Waals surface area contributed by atoms with E-state index in [1.807, 2.05) is 12.1 Å². The van der Waals surface area contributed by atoms with Crippen LogP contribution < -0.4 is 0 Å². The highest BCUT2D eigenvalue weighted by Gasteiger charge is 2.22. The first-order valence-corrected chi connectivity index (χ1v) is 5.66. The fraction of sp³-hybridized carbons (Fsp3) is 0.538. The molecule has 0 aliphatic heterocycles. The highest BCUT2D eigenvalue weighted by atomic mass is 19.1. The van der Waals surface area contributed by atoms with Crippen molar-refractivity contribution in [3.63, 3.8) is 0 Å². The van der Waals surface area contributed by atoms with Gasteiger partial charge in [0.05, 0.1) is 0 Å². The molecule has 2 rings (SSSR count). The number of benzene rings is 1. The van der Waals surface area contributed by atoms with E-state index in [1.54, 1.807) is 0 Å². The lowest BCUT2D eigenvalue weighted by Gasteiger charge is -2.28. The summed E-state index contributed by atoms with van der Waals surface area (Å²) in [5.41, 5.74) is 1.22. The van der Waals surface area contributed by atoms with Crippen molar-refractivity contribution in [2.75, 3.05) is 6.61 Å². The second-order valence-electron chi connectivity index (χ2n) is 4.46. The minimum atomic E-state index is -0.173. The first-order valence-electron chi connectivity index (χ1n) is 5.66. The van der Waals surface area contributed by atoms with Gasteiger partial charge in [-0.3, -0.25) is 0 Å². The molecule has 2 unspecified atom stereocenters. The number of halogens is 1. The largest absolute Gasteiger partial charge is 0.396 e. The Kier molecular flexibility index (Phi) is 3.37. The average molecular weight is 208 g/mol. The molecule has 1 fully saturated rings. The van der Waals surface area contributed by atoms with Gasteiger partial charge >= 0.3 is 0 Å². The predicted octanol–water partition coefficient (Wildman–Crippen LogP) is 3.09. The van der Waals surface area contributed by atoms with Crippen LogP contribution in [0.25, 0.3) is 0 Å². The van der Waals surface area contributed by atoms with E-state index in [1.165, 1.54) is 30.5 Å². The van der Waals surface area contributed by atoms with Crippen molar-refractivity contribution in [3.05, 3.63) is 35.6 Å². The molecule has 1 N–H and O–H groups in total. The van der Waals surface area contributed by atoms with Crippen molar-refractivity contribution in [1.29, 1.82) is 0 Å². The molecule has 1 saturated carbocycles. The Morgan fingerprint density at radius 2 is 1.93 bits per heavy atom. The van der Waals surface area contributed by atoms with Gasteiger partial charge in [0, 0.05) is 6.61 Å². The van der Waals surface area contributed by atoms with E-state index in [0.29, 0.717) is 11.8 Å². The number of rotatable bonds is 2. The summed E-state index contributed by atoms with van der Waals surface area (Å²) in [6.45, 7) is 0.289. The van der Waals surface area contributed by atoms with Crippen LogP contribution in [0.2, 0.25) is 0 Å². The summed E-state index contributed by atoms with van der Waals surface area (Å²) < 4.78 is 12.8. The maximum atomic E-state index is 12.8. The summed E-state index contributed by atoms with van der Waals surface area (Å²) in [6, 6.07) is 6.80. The zero-order valence-electron chi connectivity index (χ0n) is 8.82. The van der Waals surface area contributed by atoms with E-state index in [-0.39, 0.29) is 12.4 Å². The summed E-state index contributed by atoms with van der Waals surface area (Å²) in [6.07, 6.45) is 4.52. The van der Waals surface area contributed by atoms with Gasteiger partial charge in [-0.2, -0.15) is 0 Å². The lowest BCUT2D eigenvalue weighted by molar-refractivity contribution is 0.180. The van der Waals surface area contributed by atoms with Crippen molar-refractivity contribution in [2.24, 2.45) is 5.92 Å². The second-order valence-corrected chi connectivity index (χ2v) is 4.46. The zero-order chi connectivity index (χ0) is 10.7. The molecule has 0 aromatic heterocycles. The lowest BCUT2D eigenvalue weighted by Crippen LogP contribution is -2.17. The summed E-state index contributed by atoms with van der Waals surface area (Å²) in [5.74, 6) is 0.776. The van der Waals surface area contributed by atoms with Gasteiger partial charge in [-0.15, -0.1) is 0 Å². The Morgan fingerprint density at radius 3 is 2.60 bits per heavy atom. The first-order chi connectivity index (χ1) is 7.29. The van der Waals surface area contributed by atoms with E-state index in [2.05, 4.69) is 0 Å². The average Bonchev–Trinajstić information content (AvgIpc) is 2.30. The van der Waals surface area contributed by atoms with Crippen LogP contribution in [-0.4, -0.2) is 11.7 Å². The molecule has 1 aromatic rings.